The zero-order valence-electron chi connectivity index (χ0n) is 11.8. The molecule has 1 nitrogen and oxygen atoms in total. The van der Waals surface area contributed by atoms with E-state index in [9.17, 15) is 8.78 Å². The van der Waals surface area contributed by atoms with E-state index in [4.69, 9.17) is 0 Å². The lowest BCUT2D eigenvalue weighted by Gasteiger charge is -2.15. The van der Waals surface area contributed by atoms with Gasteiger partial charge in [-0.2, -0.15) is 0 Å². The molecule has 0 radical (unpaired) electrons. The van der Waals surface area contributed by atoms with E-state index in [0.29, 0.717) is 5.56 Å². The highest BCUT2D eigenvalue weighted by molar-refractivity contribution is 5.58. The summed E-state index contributed by atoms with van der Waals surface area (Å²) in [5, 5.41) is 3.26. The molecule has 1 N–H and O–H groups in total. The highest BCUT2D eigenvalue weighted by Crippen LogP contribution is 2.23. The van der Waals surface area contributed by atoms with Crippen molar-refractivity contribution in [1.82, 2.24) is 0 Å². The number of hydrogen-bond acceptors (Lipinski definition) is 1. The fraction of sp³-hybridized carbons (Fsp3) is 0.294. The van der Waals surface area contributed by atoms with Crippen LogP contribution in [0.25, 0.3) is 0 Å². The largest absolute Gasteiger partial charge is 0.380 e. The maximum Gasteiger partial charge on any atom is 0.128 e. The van der Waals surface area contributed by atoms with E-state index in [1.54, 1.807) is 0 Å². The molecule has 2 aromatic rings. The van der Waals surface area contributed by atoms with Gasteiger partial charge in [-0.05, 0) is 42.2 Å². The summed E-state index contributed by atoms with van der Waals surface area (Å²) in [6, 6.07) is 9.69. The minimum atomic E-state index is -0.414. The van der Waals surface area contributed by atoms with Gasteiger partial charge in [-0.25, -0.2) is 8.78 Å². The van der Waals surface area contributed by atoms with Crippen LogP contribution in [0.15, 0.2) is 36.4 Å². The molecule has 106 valence electrons. The highest BCUT2D eigenvalue weighted by atomic mass is 19.1. The van der Waals surface area contributed by atoms with E-state index < -0.39 is 5.82 Å². The van der Waals surface area contributed by atoms with E-state index in [1.807, 2.05) is 6.07 Å². The Balaban J connectivity index is 2.24. The summed E-state index contributed by atoms with van der Waals surface area (Å²) >= 11 is 0. The molecular weight excluding hydrogens is 256 g/mol. The van der Waals surface area contributed by atoms with Crippen LogP contribution in [0.1, 0.15) is 30.5 Å². The van der Waals surface area contributed by atoms with Gasteiger partial charge >= 0.3 is 0 Å². The third kappa shape index (κ3) is 3.16. The number of anilines is 1. The summed E-state index contributed by atoms with van der Waals surface area (Å²) in [6.07, 6.45) is 1.81. The second kappa shape index (κ2) is 6.51. The molecule has 0 aromatic heterocycles. The Hall–Kier alpha value is -1.90. The molecule has 2 rings (SSSR count). The molecule has 2 aromatic carbocycles. The third-order valence-corrected chi connectivity index (χ3v) is 3.46. The average Bonchev–Trinajstić information content (AvgIpc) is 2.47. The van der Waals surface area contributed by atoms with Crippen LogP contribution in [0.4, 0.5) is 14.5 Å². The van der Waals surface area contributed by atoms with E-state index in [-0.39, 0.29) is 12.4 Å². The summed E-state index contributed by atoms with van der Waals surface area (Å²) in [4.78, 5) is 0. The SMILES string of the molecule is CCc1cccc(CC)c1NCc1cc(F)ccc1F. The summed E-state index contributed by atoms with van der Waals surface area (Å²) in [5.41, 5.74) is 3.78. The second-order valence-electron chi connectivity index (χ2n) is 4.75. The molecule has 0 saturated heterocycles. The van der Waals surface area contributed by atoms with Gasteiger partial charge in [0.1, 0.15) is 11.6 Å². The van der Waals surface area contributed by atoms with Gasteiger partial charge in [0.15, 0.2) is 0 Å². The van der Waals surface area contributed by atoms with E-state index in [2.05, 4.69) is 31.3 Å². The van der Waals surface area contributed by atoms with Gasteiger partial charge in [-0.3, -0.25) is 0 Å². The monoisotopic (exact) mass is 275 g/mol. The molecule has 0 aliphatic heterocycles. The fourth-order valence-electron chi connectivity index (χ4n) is 2.33. The van der Waals surface area contributed by atoms with Crippen LogP contribution >= 0.6 is 0 Å². The summed E-state index contributed by atoms with van der Waals surface area (Å²) in [5.74, 6) is -0.798. The van der Waals surface area contributed by atoms with E-state index in [0.717, 1.165) is 24.6 Å². The van der Waals surface area contributed by atoms with Crippen LogP contribution in [0.3, 0.4) is 0 Å². The molecule has 0 unspecified atom stereocenters. The molecule has 3 heteroatoms. The first-order valence-electron chi connectivity index (χ1n) is 6.94. The zero-order chi connectivity index (χ0) is 14.5. The summed E-state index contributed by atoms with van der Waals surface area (Å²) in [6.45, 7) is 4.46. The normalized spacial score (nSPS) is 10.6. The van der Waals surface area contributed by atoms with Crippen LogP contribution in [0.5, 0.6) is 0 Å². The Labute approximate surface area is 118 Å². The fourth-order valence-corrected chi connectivity index (χ4v) is 2.33. The number of hydrogen-bond donors (Lipinski definition) is 1. The molecule has 0 spiro atoms. The predicted octanol–water partition coefficient (Wildman–Crippen LogP) is 4.70. The minimum absolute atomic E-state index is 0.285. The van der Waals surface area contributed by atoms with Crippen molar-refractivity contribution in [3.05, 3.63) is 64.7 Å². The van der Waals surface area contributed by atoms with Gasteiger partial charge in [0.2, 0.25) is 0 Å². The second-order valence-corrected chi connectivity index (χ2v) is 4.75. The Morgan fingerprint density at radius 2 is 1.55 bits per heavy atom. The lowest BCUT2D eigenvalue weighted by molar-refractivity contribution is 0.587. The number of nitrogens with one attached hydrogen (secondary N) is 1. The Morgan fingerprint density at radius 1 is 0.900 bits per heavy atom. The van der Waals surface area contributed by atoms with Crippen molar-refractivity contribution in [2.75, 3.05) is 5.32 Å². The average molecular weight is 275 g/mol. The van der Waals surface area contributed by atoms with Crippen LogP contribution in [-0.4, -0.2) is 0 Å². The lowest BCUT2D eigenvalue weighted by Crippen LogP contribution is -2.07. The van der Waals surface area contributed by atoms with Crippen molar-refractivity contribution in [2.24, 2.45) is 0 Å². The molecule has 0 atom stereocenters. The number of benzene rings is 2. The summed E-state index contributed by atoms with van der Waals surface area (Å²) < 4.78 is 26.8. The maximum absolute atomic E-state index is 13.6. The quantitative estimate of drug-likeness (QED) is 0.834. The number of halogens is 2. The molecule has 0 fully saturated rings. The molecule has 0 saturated carbocycles. The smallest absolute Gasteiger partial charge is 0.128 e. The maximum atomic E-state index is 13.6. The molecule has 0 heterocycles. The molecule has 0 aliphatic rings. The van der Waals surface area contributed by atoms with Crippen molar-refractivity contribution in [1.29, 1.82) is 0 Å². The predicted molar refractivity (Wildman–Crippen MR) is 78.9 cm³/mol. The number of para-hydroxylation sites is 1. The van der Waals surface area contributed by atoms with Gasteiger partial charge in [0, 0.05) is 17.8 Å². The summed E-state index contributed by atoms with van der Waals surface area (Å²) in [7, 11) is 0. The van der Waals surface area contributed by atoms with Gasteiger partial charge in [0.25, 0.3) is 0 Å². The molecule has 0 amide bonds. The van der Waals surface area contributed by atoms with Crippen LogP contribution in [0, 0.1) is 11.6 Å². The Morgan fingerprint density at radius 3 is 2.15 bits per heavy atom. The first-order chi connectivity index (χ1) is 9.65. The minimum Gasteiger partial charge on any atom is -0.380 e. The van der Waals surface area contributed by atoms with E-state index in [1.165, 1.54) is 23.3 Å². The van der Waals surface area contributed by atoms with Gasteiger partial charge in [-0.15, -0.1) is 0 Å². The van der Waals surface area contributed by atoms with Crippen molar-refractivity contribution in [3.63, 3.8) is 0 Å². The van der Waals surface area contributed by atoms with Crippen LogP contribution in [0.2, 0.25) is 0 Å². The van der Waals surface area contributed by atoms with Crippen molar-refractivity contribution in [3.8, 4) is 0 Å². The van der Waals surface area contributed by atoms with Crippen molar-refractivity contribution >= 4 is 5.69 Å². The van der Waals surface area contributed by atoms with Crippen molar-refractivity contribution < 1.29 is 8.78 Å². The Bertz CT molecular complexity index is 571. The standard InChI is InChI=1S/C17H19F2N/c1-3-12-6-5-7-13(4-2)17(12)20-11-14-10-15(18)8-9-16(14)19/h5-10,20H,3-4,11H2,1-2H3. The number of aryl methyl sites for hydroxylation is 2. The van der Waals surface area contributed by atoms with Gasteiger partial charge in [-0.1, -0.05) is 32.0 Å². The molecule has 0 aliphatic carbocycles. The molecule has 0 bridgehead atoms. The first kappa shape index (κ1) is 14.5. The van der Waals surface area contributed by atoms with Gasteiger partial charge in [0.05, 0.1) is 0 Å². The van der Waals surface area contributed by atoms with Crippen LogP contribution < -0.4 is 5.32 Å². The molecule has 20 heavy (non-hydrogen) atoms. The van der Waals surface area contributed by atoms with Gasteiger partial charge < -0.3 is 5.32 Å². The number of rotatable bonds is 5. The zero-order valence-corrected chi connectivity index (χ0v) is 11.8. The Kier molecular flexibility index (Phi) is 4.72. The lowest BCUT2D eigenvalue weighted by atomic mass is 10.0. The van der Waals surface area contributed by atoms with E-state index >= 15 is 0 Å². The van der Waals surface area contributed by atoms with Crippen molar-refractivity contribution in [2.45, 2.75) is 33.2 Å². The third-order valence-electron chi connectivity index (χ3n) is 3.46. The van der Waals surface area contributed by atoms with Crippen LogP contribution in [-0.2, 0) is 19.4 Å². The topological polar surface area (TPSA) is 12.0 Å². The molecular formula is C17H19F2N. The highest BCUT2D eigenvalue weighted by Gasteiger charge is 2.08. The first-order valence-corrected chi connectivity index (χ1v) is 6.94.